The predicted molar refractivity (Wildman–Crippen MR) is 99.5 cm³/mol. The molecule has 0 aliphatic rings. The van der Waals surface area contributed by atoms with Crippen LogP contribution in [0.25, 0.3) is 0 Å². The van der Waals surface area contributed by atoms with Crippen LogP contribution in [0.1, 0.15) is 11.1 Å². The van der Waals surface area contributed by atoms with E-state index in [4.69, 9.17) is 36.1 Å². The molecule has 0 fully saturated rings. The van der Waals surface area contributed by atoms with Gasteiger partial charge in [-0.2, -0.15) is 0 Å². The number of hydrogen-bond acceptors (Lipinski definition) is 5. The lowest BCUT2D eigenvalue weighted by Gasteiger charge is -2.16. The third-order valence-corrected chi connectivity index (χ3v) is 3.67. The second-order valence-electron chi connectivity index (χ2n) is 5.38. The maximum Gasteiger partial charge on any atom is 0.414 e. The number of carbonyl (C=O) groups is 3. The fraction of sp³-hybridized carbons (Fsp3) is 0.211. The van der Waals surface area contributed by atoms with Crippen LogP contribution in [-0.2, 0) is 32.1 Å². The van der Waals surface area contributed by atoms with Crippen LogP contribution in [0, 0.1) is 0 Å². The molecule has 27 heavy (non-hydrogen) atoms. The normalized spacial score (nSPS) is 10.9. The van der Waals surface area contributed by atoms with Crippen molar-refractivity contribution < 1.29 is 29.3 Å². The van der Waals surface area contributed by atoms with Gasteiger partial charge in [0, 0.05) is 11.6 Å². The SMILES string of the molecule is COC(=O)C(Cc1ccccc1)NCc1ccc(Cl)cc1.O=C(O)C(=O)O. The van der Waals surface area contributed by atoms with Crippen molar-refractivity contribution in [3.05, 3.63) is 70.7 Å². The lowest BCUT2D eigenvalue weighted by Crippen LogP contribution is -2.39. The van der Waals surface area contributed by atoms with Gasteiger partial charge in [0.05, 0.1) is 7.11 Å². The standard InChI is InChI=1S/C17H18ClNO2.C2H2O4/c1-21-17(20)16(11-13-5-3-2-4-6-13)19-12-14-7-9-15(18)10-8-14;3-1(4)2(5)6/h2-10,16,19H,11-12H2,1H3;(H,3,4)(H,5,6). The highest BCUT2D eigenvalue weighted by molar-refractivity contribution is 6.30. The van der Waals surface area contributed by atoms with Crippen molar-refractivity contribution in [1.82, 2.24) is 5.32 Å². The van der Waals surface area contributed by atoms with Gasteiger partial charge in [-0.25, -0.2) is 9.59 Å². The molecule has 1 atom stereocenters. The Labute approximate surface area is 161 Å². The molecule has 0 saturated heterocycles. The number of halogens is 1. The molecule has 0 saturated carbocycles. The molecule has 0 amide bonds. The van der Waals surface area contributed by atoms with Crippen molar-refractivity contribution in [2.45, 2.75) is 19.0 Å². The Kier molecular flexibility index (Phi) is 9.57. The van der Waals surface area contributed by atoms with Crippen LogP contribution in [0.15, 0.2) is 54.6 Å². The van der Waals surface area contributed by atoms with Crippen LogP contribution in [0.2, 0.25) is 5.02 Å². The molecule has 3 N–H and O–H groups in total. The summed E-state index contributed by atoms with van der Waals surface area (Å²) < 4.78 is 4.87. The highest BCUT2D eigenvalue weighted by Gasteiger charge is 2.18. The van der Waals surface area contributed by atoms with Crippen molar-refractivity contribution >= 4 is 29.5 Å². The zero-order valence-corrected chi connectivity index (χ0v) is 15.3. The van der Waals surface area contributed by atoms with Gasteiger partial charge in [0.15, 0.2) is 0 Å². The first-order valence-corrected chi connectivity index (χ1v) is 8.27. The van der Waals surface area contributed by atoms with E-state index in [0.717, 1.165) is 11.1 Å². The number of carbonyl (C=O) groups excluding carboxylic acids is 1. The van der Waals surface area contributed by atoms with Crippen LogP contribution < -0.4 is 5.32 Å². The first kappa shape index (κ1) is 22.1. The van der Waals surface area contributed by atoms with E-state index in [1.54, 1.807) is 0 Å². The molecule has 0 aliphatic carbocycles. The largest absolute Gasteiger partial charge is 0.473 e. The van der Waals surface area contributed by atoms with Crippen LogP contribution in [0.4, 0.5) is 0 Å². The number of rotatable bonds is 6. The quantitative estimate of drug-likeness (QED) is 0.510. The zero-order valence-electron chi connectivity index (χ0n) is 14.6. The molecule has 0 spiro atoms. The number of carboxylic acids is 2. The summed E-state index contributed by atoms with van der Waals surface area (Å²) in [6, 6.07) is 17.1. The Morgan fingerprint density at radius 2 is 1.52 bits per heavy atom. The Hall–Kier alpha value is -2.90. The number of esters is 1. The minimum Gasteiger partial charge on any atom is -0.473 e. The topological polar surface area (TPSA) is 113 Å². The lowest BCUT2D eigenvalue weighted by atomic mass is 10.1. The predicted octanol–water partition coefficient (Wildman–Crippen LogP) is 2.37. The summed E-state index contributed by atoms with van der Waals surface area (Å²) in [5.74, 6) is -3.90. The van der Waals surface area contributed by atoms with E-state index in [0.29, 0.717) is 18.0 Å². The van der Waals surface area contributed by atoms with Gasteiger partial charge in [0.2, 0.25) is 0 Å². The maximum absolute atomic E-state index is 11.9. The van der Waals surface area contributed by atoms with Crippen molar-refractivity contribution in [2.24, 2.45) is 0 Å². The molecular formula is C19H20ClNO6. The molecule has 0 bridgehead atoms. The average molecular weight is 394 g/mol. The van der Waals surface area contributed by atoms with E-state index < -0.39 is 11.9 Å². The van der Waals surface area contributed by atoms with Crippen LogP contribution in [0.3, 0.4) is 0 Å². The number of nitrogens with one attached hydrogen (secondary N) is 1. The van der Waals surface area contributed by atoms with Crippen molar-refractivity contribution in [3.8, 4) is 0 Å². The first-order valence-electron chi connectivity index (χ1n) is 7.89. The number of carboxylic acid groups (broad SMARTS) is 2. The van der Waals surface area contributed by atoms with Crippen LogP contribution in [-0.4, -0.2) is 41.3 Å². The second kappa shape index (κ2) is 11.7. The Balaban J connectivity index is 0.000000527. The van der Waals surface area contributed by atoms with E-state index >= 15 is 0 Å². The van der Waals surface area contributed by atoms with E-state index in [2.05, 4.69) is 5.32 Å². The minimum absolute atomic E-state index is 0.257. The Morgan fingerprint density at radius 1 is 0.963 bits per heavy atom. The molecule has 2 aromatic rings. The van der Waals surface area contributed by atoms with Gasteiger partial charge in [-0.15, -0.1) is 0 Å². The summed E-state index contributed by atoms with van der Waals surface area (Å²) in [6.45, 7) is 0.587. The third kappa shape index (κ3) is 8.84. The molecule has 144 valence electrons. The van der Waals surface area contributed by atoms with Crippen molar-refractivity contribution in [2.75, 3.05) is 7.11 Å². The summed E-state index contributed by atoms with van der Waals surface area (Å²) in [7, 11) is 1.41. The van der Waals surface area contributed by atoms with Crippen molar-refractivity contribution in [1.29, 1.82) is 0 Å². The summed E-state index contributed by atoms with van der Waals surface area (Å²) in [4.78, 5) is 30.1. The Morgan fingerprint density at radius 3 is 2.00 bits per heavy atom. The molecule has 0 aromatic heterocycles. The smallest absolute Gasteiger partial charge is 0.414 e. The molecule has 2 aromatic carbocycles. The Bertz CT molecular complexity index is 737. The molecule has 2 rings (SSSR count). The van der Waals surface area contributed by atoms with E-state index in [-0.39, 0.29) is 12.0 Å². The highest BCUT2D eigenvalue weighted by atomic mass is 35.5. The summed E-state index contributed by atoms with van der Waals surface area (Å²) in [6.07, 6.45) is 0.598. The van der Waals surface area contributed by atoms with Gasteiger partial charge in [0.1, 0.15) is 6.04 Å². The lowest BCUT2D eigenvalue weighted by molar-refractivity contribution is -0.159. The minimum atomic E-state index is -1.82. The first-order chi connectivity index (χ1) is 12.8. The number of hydrogen-bond donors (Lipinski definition) is 3. The molecule has 0 aliphatic heterocycles. The second-order valence-corrected chi connectivity index (χ2v) is 5.82. The molecule has 0 radical (unpaired) electrons. The van der Waals surface area contributed by atoms with Crippen molar-refractivity contribution in [3.63, 3.8) is 0 Å². The fourth-order valence-electron chi connectivity index (χ4n) is 2.07. The highest BCUT2D eigenvalue weighted by Crippen LogP contribution is 2.10. The van der Waals surface area contributed by atoms with E-state index in [9.17, 15) is 4.79 Å². The summed E-state index contributed by atoms with van der Waals surface area (Å²) in [5, 5.41) is 18.7. The summed E-state index contributed by atoms with van der Waals surface area (Å²) >= 11 is 5.86. The maximum atomic E-state index is 11.9. The molecule has 0 heterocycles. The fourth-order valence-corrected chi connectivity index (χ4v) is 2.20. The number of aliphatic carboxylic acids is 2. The number of benzene rings is 2. The monoisotopic (exact) mass is 393 g/mol. The van der Waals surface area contributed by atoms with Gasteiger partial charge in [-0.1, -0.05) is 54.1 Å². The molecular weight excluding hydrogens is 374 g/mol. The van der Waals surface area contributed by atoms with E-state index in [1.807, 2.05) is 54.6 Å². The van der Waals surface area contributed by atoms with Gasteiger partial charge in [-0.05, 0) is 29.7 Å². The van der Waals surface area contributed by atoms with Gasteiger partial charge in [0.25, 0.3) is 0 Å². The van der Waals surface area contributed by atoms with Gasteiger partial charge < -0.3 is 20.3 Å². The molecule has 8 heteroatoms. The van der Waals surface area contributed by atoms with Crippen LogP contribution in [0.5, 0.6) is 0 Å². The number of methoxy groups -OCH3 is 1. The van der Waals surface area contributed by atoms with Crippen LogP contribution >= 0.6 is 11.6 Å². The van der Waals surface area contributed by atoms with E-state index in [1.165, 1.54) is 7.11 Å². The third-order valence-electron chi connectivity index (χ3n) is 3.42. The van der Waals surface area contributed by atoms with Gasteiger partial charge in [-0.3, -0.25) is 4.79 Å². The average Bonchev–Trinajstić information content (AvgIpc) is 2.67. The van der Waals surface area contributed by atoms with Gasteiger partial charge >= 0.3 is 17.9 Å². The molecule has 1 unspecified atom stereocenters. The zero-order chi connectivity index (χ0) is 20.2. The number of ether oxygens (including phenoxy) is 1. The molecule has 7 nitrogen and oxygen atoms in total. The summed E-state index contributed by atoms with van der Waals surface area (Å²) in [5.41, 5.74) is 2.16.